The van der Waals surface area contributed by atoms with Gasteiger partial charge < -0.3 is 4.42 Å². The van der Waals surface area contributed by atoms with Crippen LogP contribution in [0.15, 0.2) is 41.2 Å². The van der Waals surface area contributed by atoms with E-state index < -0.39 is 0 Å². The summed E-state index contributed by atoms with van der Waals surface area (Å²) in [6, 6.07) is 6.99. The van der Waals surface area contributed by atoms with Crippen LogP contribution in [0, 0.1) is 0 Å². The molecular weight excluding hydrogens is 200 g/mol. The molecule has 2 nitrogen and oxygen atoms in total. The van der Waals surface area contributed by atoms with Gasteiger partial charge >= 0.3 is 0 Å². The minimum atomic E-state index is 0.555. The molecular formula is C11H7ClO2. The smallest absolute Gasteiger partial charge is 0.150 e. The van der Waals surface area contributed by atoms with Gasteiger partial charge in [-0.2, -0.15) is 0 Å². The average molecular weight is 207 g/mol. The minimum absolute atomic E-state index is 0.555. The third-order valence-corrected chi connectivity index (χ3v) is 2.21. The number of carbonyl (C=O) groups is 1. The lowest BCUT2D eigenvalue weighted by atomic mass is 10.0. The van der Waals surface area contributed by atoms with Crippen molar-refractivity contribution < 1.29 is 9.21 Å². The summed E-state index contributed by atoms with van der Waals surface area (Å²) >= 11 is 5.77. The van der Waals surface area contributed by atoms with Gasteiger partial charge in [0.15, 0.2) is 6.29 Å². The summed E-state index contributed by atoms with van der Waals surface area (Å²) in [4.78, 5) is 10.8. The Morgan fingerprint density at radius 2 is 2.14 bits per heavy atom. The Bertz CT molecular complexity index is 446. The van der Waals surface area contributed by atoms with E-state index in [9.17, 15) is 4.79 Å². The summed E-state index contributed by atoms with van der Waals surface area (Å²) in [6.07, 6.45) is 3.95. The van der Waals surface area contributed by atoms with Crippen molar-refractivity contribution in [3.05, 3.63) is 47.4 Å². The Morgan fingerprint density at radius 3 is 2.79 bits per heavy atom. The third kappa shape index (κ3) is 1.56. The topological polar surface area (TPSA) is 30.2 Å². The molecule has 0 N–H and O–H groups in total. The summed E-state index contributed by atoms with van der Waals surface area (Å²) in [5, 5.41) is 0.555. The molecule has 0 unspecified atom stereocenters. The van der Waals surface area contributed by atoms with Crippen molar-refractivity contribution in [1.82, 2.24) is 0 Å². The maximum absolute atomic E-state index is 10.8. The van der Waals surface area contributed by atoms with Gasteiger partial charge in [-0.3, -0.25) is 4.79 Å². The van der Waals surface area contributed by atoms with Crippen LogP contribution in [0.5, 0.6) is 0 Å². The SMILES string of the molecule is O=Cc1cc(Cl)ccc1-c1ccoc1. The first-order valence-electron chi connectivity index (χ1n) is 4.08. The molecule has 2 rings (SSSR count). The first kappa shape index (κ1) is 9.03. The predicted octanol–water partition coefficient (Wildman–Crippen LogP) is 3.41. The van der Waals surface area contributed by atoms with Gasteiger partial charge in [-0.15, -0.1) is 0 Å². The van der Waals surface area contributed by atoms with E-state index in [0.29, 0.717) is 10.6 Å². The number of halogens is 1. The highest BCUT2D eigenvalue weighted by Gasteiger charge is 2.05. The molecule has 0 amide bonds. The van der Waals surface area contributed by atoms with E-state index in [1.54, 1.807) is 36.8 Å². The first-order chi connectivity index (χ1) is 6.81. The molecule has 1 aromatic heterocycles. The molecule has 3 heteroatoms. The van der Waals surface area contributed by atoms with Crippen LogP contribution in [0.4, 0.5) is 0 Å². The monoisotopic (exact) mass is 206 g/mol. The van der Waals surface area contributed by atoms with E-state index in [2.05, 4.69) is 0 Å². The minimum Gasteiger partial charge on any atom is -0.472 e. The maximum Gasteiger partial charge on any atom is 0.150 e. The Hall–Kier alpha value is -1.54. The Balaban J connectivity index is 2.58. The van der Waals surface area contributed by atoms with E-state index in [1.165, 1.54) is 0 Å². The molecule has 0 bridgehead atoms. The number of carbonyl (C=O) groups excluding carboxylic acids is 1. The van der Waals surface area contributed by atoms with Gasteiger partial charge in [0, 0.05) is 16.1 Å². The Kier molecular flexibility index (Phi) is 2.37. The Labute approximate surface area is 86.1 Å². The molecule has 70 valence electrons. The normalized spacial score (nSPS) is 10.1. The number of rotatable bonds is 2. The van der Waals surface area contributed by atoms with E-state index in [4.69, 9.17) is 16.0 Å². The first-order valence-corrected chi connectivity index (χ1v) is 4.46. The van der Waals surface area contributed by atoms with Crippen molar-refractivity contribution in [2.24, 2.45) is 0 Å². The number of furan rings is 1. The number of benzene rings is 1. The van der Waals surface area contributed by atoms with Crippen molar-refractivity contribution in [1.29, 1.82) is 0 Å². The zero-order chi connectivity index (χ0) is 9.97. The third-order valence-electron chi connectivity index (χ3n) is 1.97. The van der Waals surface area contributed by atoms with Crippen molar-refractivity contribution in [3.8, 4) is 11.1 Å². The molecule has 0 spiro atoms. The van der Waals surface area contributed by atoms with Crippen LogP contribution in [-0.4, -0.2) is 6.29 Å². The lowest BCUT2D eigenvalue weighted by molar-refractivity contribution is 0.112. The van der Waals surface area contributed by atoms with Gasteiger partial charge in [0.05, 0.1) is 12.5 Å². The molecule has 0 aliphatic carbocycles. The van der Waals surface area contributed by atoms with E-state index in [1.807, 2.05) is 0 Å². The van der Waals surface area contributed by atoms with Gasteiger partial charge in [-0.25, -0.2) is 0 Å². The molecule has 1 aromatic carbocycles. The van der Waals surface area contributed by atoms with Crippen LogP contribution < -0.4 is 0 Å². The quantitative estimate of drug-likeness (QED) is 0.705. The fourth-order valence-corrected chi connectivity index (χ4v) is 1.49. The fourth-order valence-electron chi connectivity index (χ4n) is 1.31. The average Bonchev–Trinajstić information content (AvgIpc) is 2.70. The summed E-state index contributed by atoms with van der Waals surface area (Å²) < 4.78 is 4.95. The molecule has 0 aliphatic heterocycles. The standard InChI is InChI=1S/C11H7ClO2/c12-10-1-2-11(9(5-10)6-13)8-3-4-14-7-8/h1-7H. The second-order valence-electron chi connectivity index (χ2n) is 2.86. The van der Waals surface area contributed by atoms with Crippen LogP contribution in [0.2, 0.25) is 5.02 Å². The maximum atomic E-state index is 10.8. The van der Waals surface area contributed by atoms with Crippen LogP contribution >= 0.6 is 11.6 Å². The van der Waals surface area contributed by atoms with Gasteiger partial charge in [0.1, 0.15) is 0 Å². The van der Waals surface area contributed by atoms with E-state index >= 15 is 0 Å². The summed E-state index contributed by atoms with van der Waals surface area (Å²) in [5.74, 6) is 0. The highest BCUT2D eigenvalue weighted by Crippen LogP contribution is 2.25. The van der Waals surface area contributed by atoms with Crippen molar-refractivity contribution in [3.63, 3.8) is 0 Å². The number of hydrogen-bond acceptors (Lipinski definition) is 2. The molecule has 14 heavy (non-hydrogen) atoms. The van der Waals surface area contributed by atoms with Gasteiger partial charge in [-0.05, 0) is 23.8 Å². The molecule has 0 saturated heterocycles. The van der Waals surface area contributed by atoms with Crippen LogP contribution in [-0.2, 0) is 0 Å². The molecule has 0 radical (unpaired) electrons. The molecule has 0 atom stereocenters. The summed E-state index contributed by atoms with van der Waals surface area (Å²) in [5.41, 5.74) is 2.28. The molecule has 2 aromatic rings. The number of aldehydes is 1. The predicted molar refractivity (Wildman–Crippen MR) is 54.5 cm³/mol. The highest BCUT2D eigenvalue weighted by atomic mass is 35.5. The summed E-state index contributed by atoms with van der Waals surface area (Å²) in [7, 11) is 0. The van der Waals surface area contributed by atoms with Gasteiger partial charge in [0.25, 0.3) is 0 Å². The molecule has 0 saturated carbocycles. The van der Waals surface area contributed by atoms with Gasteiger partial charge in [0.2, 0.25) is 0 Å². The van der Waals surface area contributed by atoms with E-state index in [0.717, 1.165) is 17.4 Å². The lowest BCUT2D eigenvalue weighted by Crippen LogP contribution is -1.85. The second-order valence-corrected chi connectivity index (χ2v) is 3.30. The molecule has 0 aliphatic rings. The summed E-state index contributed by atoms with van der Waals surface area (Å²) in [6.45, 7) is 0. The number of hydrogen-bond donors (Lipinski definition) is 0. The second kappa shape index (κ2) is 3.68. The van der Waals surface area contributed by atoms with Crippen molar-refractivity contribution >= 4 is 17.9 Å². The highest BCUT2D eigenvalue weighted by molar-refractivity contribution is 6.31. The molecule has 0 fully saturated rings. The van der Waals surface area contributed by atoms with Gasteiger partial charge in [-0.1, -0.05) is 17.7 Å². The van der Waals surface area contributed by atoms with Crippen molar-refractivity contribution in [2.75, 3.05) is 0 Å². The lowest BCUT2D eigenvalue weighted by Gasteiger charge is -2.01. The van der Waals surface area contributed by atoms with Crippen LogP contribution in [0.3, 0.4) is 0 Å². The largest absolute Gasteiger partial charge is 0.472 e. The van der Waals surface area contributed by atoms with Crippen molar-refractivity contribution in [2.45, 2.75) is 0 Å². The zero-order valence-electron chi connectivity index (χ0n) is 7.24. The van der Waals surface area contributed by atoms with Crippen LogP contribution in [0.1, 0.15) is 10.4 Å². The van der Waals surface area contributed by atoms with Crippen LogP contribution in [0.25, 0.3) is 11.1 Å². The molecule has 1 heterocycles. The van der Waals surface area contributed by atoms with E-state index in [-0.39, 0.29) is 0 Å². The fraction of sp³-hybridized carbons (Fsp3) is 0. The Morgan fingerprint density at radius 1 is 1.29 bits per heavy atom. The zero-order valence-corrected chi connectivity index (χ0v) is 7.99.